The van der Waals surface area contributed by atoms with Crippen LogP contribution in [0, 0.1) is 13.8 Å². The Kier molecular flexibility index (Phi) is 9.92. The Morgan fingerprint density at radius 3 is 2.29 bits per heavy atom. The SMILES string of the molecule is CCCNC(=O)[C@H](C)N(Cc1ccc(OC)cc1)C(=O)CSCc1cc(C)cc(C)c1. The standard InChI is InChI=1S/C25H34N2O3S/c1-6-11-26-25(29)20(4)27(15-21-7-9-23(30-5)10-8-21)24(28)17-31-16-22-13-18(2)12-19(3)14-22/h7-10,12-14,20H,6,11,15-17H2,1-5H3,(H,26,29)/t20-/m0/s1. The van der Waals surface area contributed by atoms with Gasteiger partial charge in [0.05, 0.1) is 12.9 Å². The number of carbonyl (C=O) groups excluding carboxylic acids is 2. The van der Waals surface area contributed by atoms with Gasteiger partial charge in [-0.25, -0.2) is 0 Å². The summed E-state index contributed by atoms with van der Waals surface area (Å²) in [5.74, 6) is 1.70. The van der Waals surface area contributed by atoms with E-state index in [0.717, 1.165) is 23.5 Å². The molecule has 0 bridgehead atoms. The third-order valence-electron chi connectivity index (χ3n) is 5.00. The Balaban J connectivity index is 2.07. The molecule has 2 aromatic rings. The van der Waals surface area contributed by atoms with Crippen LogP contribution in [0.3, 0.4) is 0 Å². The van der Waals surface area contributed by atoms with Crippen molar-refractivity contribution in [2.75, 3.05) is 19.4 Å². The quantitative estimate of drug-likeness (QED) is 0.557. The highest BCUT2D eigenvalue weighted by Crippen LogP contribution is 2.19. The van der Waals surface area contributed by atoms with Crippen LogP contribution in [0.25, 0.3) is 0 Å². The molecule has 2 amide bonds. The van der Waals surface area contributed by atoms with Crippen LogP contribution in [0.1, 0.15) is 42.5 Å². The van der Waals surface area contributed by atoms with Crippen molar-refractivity contribution in [1.29, 1.82) is 0 Å². The molecule has 31 heavy (non-hydrogen) atoms. The molecule has 0 spiro atoms. The molecular formula is C25H34N2O3S. The number of benzene rings is 2. The molecule has 5 nitrogen and oxygen atoms in total. The second-order valence-electron chi connectivity index (χ2n) is 7.83. The lowest BCUT2D eigenvalue weighted by Gasteiger charge is -2.29. The van der Waals surface area contributed by atoms with Crippen molar-refractivity contribution in [3.63, 3.8) is 0 Å². The van der Waals surface area contributed by atoms with Gasteiger partial charge in [0.1, 0.15) is 11.8 Å². The maximum absolute atomic E-state index is 13.1. The summed E-state index contributed by atoms with van der Waals surface area (Å²) in [6, 6.07) is 13.5. The molecule has 0 fully saturated rings. The molecule has 0 heterocycles. The van der Waals surface area contributed by atoms with Gasteiger partial charge in [0, 0.05) is 18.8 Å². The fourth-order valence-electron chi connectivity index (χ4n) is 3.40. The van der Waals surface area contributed by atoms with Crippen molar-refractivity contribution < 1.29 is 14.3 Å². The van der Waals surface area contributed by atoms with E-state index < -0.39 is 6.04 Å². The predicted molar refractivity (Wildman–Crippen MR) is 128 cm³/mol. The van der Waals surface area contributed by atoms with Gasteiger partial charge in [-0.2, -0.15) is 0 Å². The number of hydrogen-bond donors (Lipinski definition) is 1. The van der Waals surface area contributed by atoms with E-state index in [0.29, 0.717) is 18.8 Å². The van der Waals surface area contributed by atoms with Crippen molar-refractivity contribution in [2.45, 2.75) is 52.5 Å². The number of rotatable bonds is 11. The molecule has 0 saturated carbocycles. The zero-order chi connectivity index (χ0) is 22.8. The van der Waals surface area contributed by atoms with Gasteiger partial charge in [-0.05, 0) is 50.5 Å². The minimum atomic E-state index is -0.539. The van der Waals surface area contributed by atoms with Gasteiger partial charge < -0.3 is 15.0 Å². The second-order valence-corrected chi connectivity index (χ2v) is 8.81. The van der Waals surface area contributed by atoms with Crippen LogP contribution in [0.2, 0.25) is 0 Å². The summed E-state index contributed by atoms with van der Waals surface area (Å²) in [6.45, 7) is 8.96. The Labute approximate surface area is 190 Å². The summed E-state index contributed by atoms with van der Waals surface area (Å²) >= 11 is 1.58. The van der Waals surface area contributed by atoms with E-state index in [4.69, 9.17) is 4.74 Å². The average Bonchev–Trinajstić information content (AvgIpc) is 2.75. The summed E-state index contributed by atoms with van der Waals surface area (Å²) in [5, 5.41) is 2.91. The molecule has 0 aliphatic carbocycles. The highest BCUT2D eigenvalue weighted by molar-refractivity contribution is 7.99. The summed E-state index contributed by atoms with van der Waals surface area (Å²) in [4.78, 5) is 27.4. The van der Waals surface area contributed by atoms with Crippen LogP contribution in [-0.4, -0.2) is 42.2 Å². The molecule has 0 unspecified atom stereocenters. The lowest BCUT2D eigenvalue weighted by atomic mass is 10.1. The largest absolute Gasteiger partial charge is 0.497 e. The van der Waals surface area contributed by atoms with E-state index in [1.54, 1.807) is 30.7 Å². The lowest BCUT2D eigenvalue weighted by molar-refractivity contribution is -0.138. The molecule has 0 saturated heterocycles. The third kappa shape index (κ3) is 7.94. The third-order valence-corrected chi connectivity index (χ3v) is 5.99. The van der Waals surface area contributed by atoms with Gasteiger partial charge in [-0.1, -0.05) is 48.4 Å². The molecule has 0 aliphatic rings. The van der Waals surface area contributed by atoms with Crippen LogP contribution in [0.4, 0.5) is 0 Å². The van der Waals surface area contributed by atoms with Gasteiger partial charge >= 0.3 is 0 Å². The van der Waals surface area contributed by atoms with Gasteiger partial charge in [0.2, 0.25) is 11.8 Å². The maximum Gasteiger partial charge on any atom is 0.242 e. The topological polar surface area (TPSA) is 58.6 Å². The van der Waals surface area contributed by atoms with Gasteiger partial charge in [0.15, 0.2) is 0 Å². The molecule has 2 rings (SSSR count). The average molecular weight is 443 g/mol. The van der Waals surface area contributed by atoms with Crippen molar-refractivity contribution in [3.05, 3.63) is 64.7 Å². The van der Waals surface area contributed by atoms with E-state index in [1.165, 1.54) is 16.7 Å². The number of thioether (sulfide) groups is 1. The summed E-state index contributed by atoms with van der Waals surface area (Å²) in [7, 11) is 1.62. The normalized spacial score (nSPS) is 11.6. The van der Waals surface area contributed by atoms with E-state index in [2.05, 4.69) is 37.4 Å². The van der Waals surface area contributed by atoms with E-state index in [-0.39, 0.29) is 11.8 Å². The number of amides is 2. The first-order valence-electron chi connectivity index (χ1n) is 10.7. The zero-order valence-electron chi connectivity index (χ0n) is 19.2. The van der Waals surface area contributed by atoms with Crippen molar-refractivity contribution >= 4 is 23.6 Å². The molecule has 2 aromatic carbocycles. The number of aryl methyl sites for hydroxylation is 2. The highest BCUT2D eigenvalue weighted by Gasteiger charge is 2.25. The van der Waals surface area contributed by atoms with Gasteiger partial charge in [-0.15, -0.1) is 11.8 Å². The maximum atomic E-state index is 13.1. The summed E-state index contributed by atoms with van der Waals surface area (Å²) in [5.41, 5.74) is 4.63. The Morgan fingerprint density at radius 1 is 1.06 bits per heavy atom. The Hall–Kier alpha value is -2.47. The molecule has 0 aliphatic heterocycles. The van der Waals surface area contributed by atoms with Crippen LogP contribution < -0.4 is 10.1 Å². The van der Waals surface area contributed by atoms with Crippen molar-refractivity contribution in [2.24, 2.45) is 0 Å². The number of nitrogens with one attached hydrogen (secondary N) is 1. The molecule has 0 radical (unpaired) electrons. The number of nitrogens with zero attached hydrogens (tertiary/aromatic N) is 1. The van der Waals surface area contributed by atoms with E-state index in [1.807, 2.05) is 31.2 Å². The number of ether oxygens (including phenoxy) is 1. The molecule has 168 valence electrons. The summed E-state index contributed by atoms with van der Waals surface area (Å²) in [6.07, 6.45) is 0.858. The number of methoxy groups -OCH3 is 1. The Bertz CT molecular complexity index is 847. The van der Waals surface area contributed by atoms with E-state index in [9.17, 15) is 9.59 Å². The van der Waals surface area contributed by atoms with Gasteiger partial charge in [0.25, 0.3) is 0 Å². The van der Waals surface area contributed by atoms with Crippen molar-refractivity contribution in [1.82, 2.24) is 10.2 Å². The first kappa shape index (κ1) is 24.8. The lowest BCUT2D eigenvalue weighted by Crippen LogP contribution is -2.48. The molecular weight excluding hydrogens is 408 g/mol. The minimum absolute atomic E-state index is 0.0376. The Morgan fingerprint density at radius 2 is 1.71 bits per heavy atom. The monoisotopic (exact) mass is 442 g/mol. The predicted octanol–water partition coefficient (Wildman–Crippen LogP) is 4.49. The van der Waals surface area contributed by atoms with Gasteiger partial charge in [-0.3, -0.25) is 9.59 Å². The molecule has 1 atom stereocenters. The smallest absolute Gasteiger partial charge is 0.242 e. The summed E-state index contributed by atoms with van der Waals surface area (Å²) < 4.78 is 5.22. The highest BCUT2D eigenvalue weighted by atomic mass is 32.2. The minimum Gasteiger partial charge on any atom is -0.497 e. The van der Waals surface area contributed by atoms with Crippen LogP contribution in [-0.2, 0) is 21.9 Å². The van der Waals surface area contributed by atoms with Crippen LogP contribution in [0.15, 0.2) is 42.5 Å². The van der Waals surface area contributed by atoms with Crippen LogP contribution >= 0.6 is 11.8 Å². The fourth-order valence-corrected chi connectivity index (χ4v) is 4.24. The van der Waals surface area contributed by atoms with E-state index >= 15 is 0 Å². The molecule has 1 N–H and O–H groups in total. The second kappa shape index (κ2) is 12.4. The number of hydrogen-bond acceptors (Lipinski definition) is 4. The van der Waals surface area contributed by atoms with Crippen molar-refractivity contribution in [3.8, 4) is 5.75 Å². The first-order chi connectivity index (χ1) is 14.8. The first-order valence-corrected chi connectivity index (χ1v) is 11.8. The number of carbonyl (C=O) groups is 2. The molecule has 6 heteroatoms. The zero-order valence-corrected chi connectivity index (χ0v) is 20.1. The van der Waals surface area contributed by atoms with Crippen LogP contribution in [0.5, 0.6) is 5.75 Å². The molecule has 0 aromatic heterocycles. The fraction of sp³-hybridized carbons (Fsp3) is 0.440.